The number of amides is 2. The van der Waals surface area contributed by atoms with E-state index in [0.717, 1.165) is 35.1 Å². The Bertz CT molecular complexity index is 1420. The van der Waals surface area contributed by atoms with Gasteiger partial charge >= 0.3 is 0 Å². The molecule has 1 aliphatic heterocycles. The van der Waals surface area contributed by atoms with Crippen molar-refractivity contribution in [2.45, 2.75) is 56.9 Å². The van der Waals surface area contributed by atoms with Gasteiger partial charge in [-0.05, 0) is 75.3 Å². The van der Waals surface area contributed by atoms with Crippen LogP contribution in [0.1, 0.15) is 68.7 Å². The van der Waals surface area contributed by atoms with Crippen molar-refractivity contribution in [3.05, 3.63) is 100 Å². The zero-order valence-electron chi connectivity index (χ0n) is 21.5. The number of benzene rings is 3. The number of fused-ring (bicyclic) bond motifs is 1. The van der Waals surface area contributed by atoms with Gasteiger partial charge < -0.3 is 0 Å². The SMILES string of the molecule is Cc1cc(C)c(S(=O)(=O)N(CCCCN2C(=O)c3ccccc3C2=O)C2(c3ccccc3)CC2)c(C)c1. The first-order chi connectivity index (χ1) is 17.7. The average Bonchev–Trinajstić information content (AvgIpc) is 3.62. The van der Waals surface area contributed by atoms with E-state index in [1.807, 2.05) is 63.2 Å². The maximum absolute atomic E-state index is 14.3. The molecule has 2 aliphatic rings. The monoisotopic (exact) mass is 516 g/mol. The quantitative estimate of drug-likeness (QED) is 0.283. The molecule has 37 heavy (non-hydrogen) atoms. The van der Waals surface area contributed by atoms with Crippen LogP contribution in [0.2, 0.25) is 0 Å². The Balaban J connectivity index is 1.40. The molecule has 0 spiro atoms. The van der Waals surface area contributed by atoms with Gasteiger partial charge in [-0.3, -0.25) is 14.5 Å². The van der Waals surface area contributed by atoms with Crippen molar-refractivity contribution in [1.82, 2.24) is 9.21 Å². The zero-order chi connectivity index (χ0) is 26.4. The lowest BCUT2D eigenvalue weighted by Gasteiger charge is -2.33. The van der Waals surface area contributed by atoms with E-state index in [1.165, 1.54) is 4.90 Å². The lowest BCUT2D eigenvalue weighted by molar-refractivity contribution is 0.0650. The van der Waals surface area contributed by atoms with Crippen molar-refractivity contribution in [2.75, 3.05) is 13.1 Å². The highest BCUT2D eigenvalue weighted by Crippen LogP contribution is 2.53. The first-order valence-corrected chi connectivity index (χ1v) is 14.2. The number of hydrogen-bond donors (Lipinski definition) is 0. The summed E-state index contributed by atoms with van der Waals surface area (Å²) in [4.78, 5) is 27.1. The van der Waals surface area contributed by atoms with Crippen LogP contribution in [0.3, 0.4) is 0 Å². The molecular weight excluding hydrogens is 484 g/mol. The van der Waals surface area contributed by atoms with Gasteiger partial charge in [0.2, 0.25) is 10.0 Å². The Kier molecular flexibility index (Phi) is 6.54. The Morgan fingerprint density at radius 2 is 1.35 bits per heavy atom. The van der Waals surface area contributed by atoms with Gasteiger partial charge in [0.1, 0.15) is 0 Å². The number of sulfonamides is 1. The van der Waals surface area contributed by atoms with Gasteiger partial charge in [0, 0.05) is 13.1 Å². The Morgan fingerprint density at radius 3 is 1.89 bits per heavy atom. The first kappa shape index (κ1) is 25.4. The van der Waals surface area contributed by atoms with Crippen molar-refractivity contribution < 1.29 is 18.0 Å². The molecule has 0 aromatic heterocycles. The largest absolute Gasteiger partial charge is 0.274 e. The molecule has 1 aliphatic carbocycles. The Hall–Kier alpha value is -3.29. The van der Waals surface area contributed by atoms with Gasteiger partial charge in [-0.2, -0.15) is 4.31 Å². The highest BCUT2D eigenvalue weighted by molar-refractivity contribution is 7.89. The molecule has 0 atom stereocenters. The van der Waals surface area contributed by atoms with E-state index >= 15 is 0 Å². The fourth-order valence-corrected chi connectivity index (χ4v) is 8.03. The maximum atomic E-state index is 14.3. The summed E-state index contributed by atoms with van der Waals surface area (Å²) >= 11 is 0. The van der Waals surface area contributed by atoms with Crippen LogP contribution in [0.15, 0.2) is 71.6 Å². The van der Waals surface area contributed by atoms with Crippen molar-refractivity contribution >= 4 is 21.8 Å². The van der Waals surface area contributed by atoms with Crippen LogP contribution < -0.4 is 0 Å². The van der Waals surface area contributed by atoms with Crippen LogP contribution >= 0.6 is 0 Å². The topological polar surface area (TPSA) is 74.8 Å². The number of carbonyl (C=O) groups excluding carboxylic acids is 2. The van der Waals surface area contributed by atoms with Gasteiger partial charge in [0.25, 0.3) is 11.8 Å². The first-order valence-electron chi connectivity index (χ1n) is 12.8. The van der Waals surface area contributed by atoms with E-state index in [-0.39, 0.29) is 18.4 Å². The normalized spacial score (nSPS) is 16.4. The van der Waals surface area contributed by atoms with Crippen LogP contribution in [-0.2, 0) is 15.6 Å². The molecule has 1 saturated carbocycles. The maximum Gasteiger partial charge on any atom is 0.261 e. The minimum absolute atomic E-state index is 0.265. The van der Waals surface area contributed by atoms with Crippen LogP contribution in [0.4, 0.5) is 0 Å². The number of carbonyl (C=O) groups is 2. The van der Waals surface area contributed by atoms with Crippen LogP contribution in [-0.4, -0.2) is 42.5 Å². The van der Waals surface area contributed by atoms with Crippen LogP contribution in [0, 0.1) is 20.8 Å². The van der Waals surface area contributed by atoms with E-state index in [2.05, 4.69) is 0 Å². The summed E-state index contributed by atoms with van der Waals surface area (Å²) in [6, 6.07) is 20.5. The van der Waals surface area contributed by atoms with E-state index < -0.39 is 15.6 Å². The van der Waals surface area contributed by atoms with Gasteiger partial charge in [-0.15, -0.1) is 0 Å². The molecule has 0 N–H and O–H groups in total. The predicted octanol–water partition coefficient (Wildman–Crippen LogP) is 5.37. The third-order valence-electron chi connectivity index (χ3n) is 7.54. The van der Waals surface area contributed by atoms with Crippen molar-refractivity contribution in [3.8, 4) is 0 Å². The zero-order valence-corrected chi connectivity index (χ0v) is 22.3. The standard InChI is InChI=1S/C30H32N2O4S/c1-21-19-22(2)27(23(3)20-21)37(35,36)32(30(15-16-30)24-11-5-4-6-12-24)18-10-9-17-31-28(33)25-13-7-8-14-26(25)29(31)34/h4-8,11-14,19-20H,9-10,15-18H2,1-3H3. The van der Waals surface area contributed by atoms with Gasteiger partial charge in [-0.1, -0.05) is 60.2 Å². The van der Waals surface area contributed by atoms with Gasteiger partial charge in [0.05, 0.1) is 21.6 Å². The lowest BCUT2D eigenvalue weighted by Crippen LogP contribution is -2.42. The molecule has 0 radical (unpaired) electrons. The average molecular weight is 517 g/mol. The van der Waals surface area contributed by atoms with E-state index in [1.54, 1.807) is 28.6 Å². The fourth-order valence-electron chi connectivity index (χ4n) is 5.76. The number of imide groups is 1. The number of unbranched alkanes of at least 4 members (excludes halogenated alkanes) is 1. The molecule has 6 nitrogen and oxygen atoms in total. The molecule has 192 valence electrons. The molecule has 2 amide bonds. The molecule has 3 aromatic carbocycles. The summed E-state index contributed by atoms with van der Waals surface area (Å²) in [5.41, 5.74) is 3.83. The summed E-state index contributed by atoms with van der Waals surface area (Å²) < 4.78 is 30.2. The van der Waals surface area contributed by atoms with E-state index in [4.69, 9.17) is 0 Å². The molecule has 5 rings (SSSR count). The second kappa shape index (κ2) is 9.54. The summed E-state index contributed by atoms with van der Waals surface area (Å²) in [5, 5.41) is 0. The number of hydrogen-bond acceptors (Lipinski definition) is 4. The fraction of sp³-hybridized carbons (Fsp3) is 0.333. The van der Waals surface area contributed by atoms with Crippen molar-refractivity contribution in [3.63, 3.8) is 0 Å². The second-order valence-corrected chi connectivity index (χ2v) is 12.0. The summed E-state index contributed by atoms with van der Waals surface area (Å²) in [6.45, 7) is 6.26. The van der Waals surface area contributed by atoms with Crippen molar-refractivity contribution in [1.29, 1.82) is 0 Å². The highest BCUT2D eigenvalue weighted by atomic mass is 32.2. The van der Waals surface area contributed by atoms with Gasteiger partial charge in [-0.25, -0.2) is 8.42 Å². The Morgan fingerprint density at radius 1 is 0.811 bits per heavy atom. The predicted molar refractivity (Wildman–Crippen MR) is 143 cm³/mol. The van der Waals surface area contributed by atoms with Crippen molar-refractivity contribution in [2.24, 2.45) is 0 Å². The molecule has 3 aromatic rings. The molecule has 1 fully saturated rings. The third-order valence-corrected chi connectivity index (χ3v) is 9.81. The summed E-state index contributed by atoms with van der Waals surface area (Å²) in [6.07, 6.45) is 2.58. The van der Waals surface area contributed by atoms with E-state index in [0.29, 0.717) is 35.4 Å². The summed E-state index contributed by atoms with van der Waals surface area (Å²) in [5.74, 6) is -0.558. The number of rotatable bonds is 9. The Labute approximate surface area is 219 Å². The third kappa shape index (κ3) is 4.40. The van der Waals surface area contributed by atoms with Crippen LogP contribution in [0.5, 0.6) is 0 Å². The molecule has 0 saturated heterocycles. The van der Waals surface area contributed by atoms with Crippen LogP contribution in [0.25, 0.3) is 0 Å². The highest BCUT2D eigenvalue weighted by Gasteiger charge is 2.54. The molecule has 0 bridgehead atoms. The second-order valence-electron chi connectivity index (χ2n) is 10.2. The lowest BCUT2D eigenvalue weighted by atomic mass is 10.0. The molecule has 0 unspecified atom stereocenters. The minimum Gasteiger partial charge on any atom is -0.274 e. The summed E-state index contributed by atoms with van der Waals surface area (Å²) in [7, 11) is -3.80. The number of aryl methyl sites for hydroxylation is 3. The minimum atomic E-state index is -3.80. The molecular formula is C30H32N2O4S. The molecule has 7 heteroatoms. The van der Waals surface area contributed by atoms with E-state index in [9.17, 15) is 18.0 Å². The number of nitrogens with zero attached hydrogens (tertiary/aromatic N) is 2. The van der Waals surface area contributed by atoms with Gasteiger partial charge in [0.15, 0.2) is 0 Å². The molecule has 1 heterocycles. The smallest absolute Gasteiger partial charge is 0.261 e.